The van der Waals surface area contributed by atoms with E-state index >= 15 is 0 Å². The first-order valence-electron chi connectivity index (χ1n) is 11.2. The lowest BCUT2D eigenvalue weighted by molar-refractivity contribution is 0.0973. The molecule has 5 aromatic rings. The number of carbonyl (C=O) groups excluding carboxylic acids is 1. The highest BCUT2D eigenvalue weighted by Crippen LogP contribution is 2.52. The van der Waals surface area contributed by atoms with E-state index in [0.29, 0.717) is 5.56 Å². The van der Waals surface area contributed by atoms with Crippen LogP contribution in [0.25, 0.3) is 22.4 Å². The molecule has 7 rings (SSSR count). The van der Waals surface area contributed by atoms with Gasteiger partial charge in [0, 0.05) is 16.7 Å². The zero-order valence-corrected chi connectivity index (χ0v) is 18.4. The van der Waals surface area contributed by atoms with Gasteiger partial charge >= 0.3 is 0 Å². The van der Waals surface area contributed by atoms with Crippen LogP contribution in [0.4, 0.5) is 17.1 Å². The number of anilines is 3. The van der Waals surface area contributed by atoms with Crippen molar-refractivity contribution in [2.45, 2.75) is 19.3 Å². The molecule has 4 heteroatoms. The van der Waals surface area contributed by atoms with Crippen molar-refractivity contribution in [3.8, 4) is 11.4 Å². The van der Waals surface area contributed by atoms with Crippen LogP contribution in [0, 0.1) is 0 Å². The van der Waals surface area contributed by atoms with Crippen molar-refractivity contribution in [3.05, 3.63) is 108 Å². The maximum atomic E-state index is 13.2. The minimum absolute atomic E-state index is 0.0131. The Morgan fingerprint density at radius 2 is 1.36 bits per heavy atom. The molecular formula is C29H21N3O. The number of para-hydroxylation sites is 4. The second-order valence-electron chi connectivity index (χ2n) is 9.29. The minimum atomic E-state index is -0.107. The van der Waals surface area contributed by atoms with E-state index in [-0.39, 0.29) is 11.3 Å². The molecule has 0 bridgehead atoms. The molecule has 0 amide bonds. The van der Waals surface area contributed by atoms with Crippen LogP contribution in [0.1, 0.15) is 35.3 Å². The van der Waals surface area contributed by atoms with Crippen LogP contribution in [-0.4, -0.2) is 15.5 Å². The van der Waals surface area contributed by atoms with Gasteiger partial charge in [0.15, 0.2) is 0 Å². The fourth-order valence-corrected chi connectivity index (χ4v) is 5.52. The number of rotatable bonds is 1. The van der Waals surface area contributed by atoms with Crippen molar-refractivity contribution in [2.75, 3.05) is 4.90 Å². The molecule has 158 valence electrons. The predicted octanol–water partition coefficient (Wildman–Crippen LogP) is 6.81. The van der Waals surface area contributed by atoms with Gasteiger partial charge < -0.3 is 4.90 Å². The molecule has 0 saturated carbocycles. The summed E-state index contributed by atoms with van der Waals surface area (Å²) < 4.78 is 1.74. The van der Waals surface area contributed by atoms with Gasteiger partial charge in [-0.25, -0.2) is 4.98 Å². The number of imidazole rings is 1. The number of hydrogen-bond acceptors (Lipinski definition) is 3. The van der Waals surface area contributed by atoms with Crippen LogP contribution in [-0.2, 0) is 5.41 Å². The SMILES string of the molecule is CC1(C)c2ccccc2N(c2ccc3c(c2)-c2nc4ccccc4n2C3=O)c2ccccc21. The molecule has 0 N–H and O–H groups in total. The molecule has 1 aromatic heterocycles. The predicted molar refractivity (Wildman–Crippen MR) is 132 cm³/mol. The normalized spacial score (nSPS) is 15.2. The van der Waals surface area contributed by atoms with Crippen molar-refractivity contribution in [2.24, 2.45) is 0 Å². The highest BCUT2D eigenvalue weighted by Gasteiger charge is 2.37. The number of hydrogen-bond donors (Lipinski definition) is 0. The Balaban J connectivity index is 1.48. The Kier molecular flexibility index (Phi) is 3.46. The lowest BCUT2D eigenvalue weighted by atomic mass is 9.73. The average molecular weight is 428 g/mol. The van der Waals surface area contributed by atoms with E-state index in [1.54, 1.807) is 4.57 Å². The van der Waals surface area contributed by atoms with Gasteiger partial charge in [0.1, 0.15) is 5.82 Å². The Hall–Kier alpha value is -4.18. The van der Waals surface area contributed by atoms with E-state index < -0.39 is 0 Å². The molecule has 4 nitrogen and oxygen atoms in total. The van der Waals surface area contributed by atoms with Crippen molar-refractivity contribution in [3.63, 3.8) is 0 Å². The van der Waals surface area contributed by atoms with E-state index in [9.17, 15) is 4.79 Å². The van der Waals surface area contributed by atoms with E-state index in [2.05, 4.69) is 79.4 Å². The second kappa shape index (κ2) is 6.20. The number of nitrogens with zero attached hydrogens (tertiary/aromatic N) is 3. The molecule has 2 aliphatic heterocycles. The van der Waals surface area contributed by atoms with E-state index in [1.165, 1.54) is 22.5 Å². The topological polar surface area (TPSA) is 38.1 Å². The largest absolute Gasteiger partial charge is 0.310 e. The zero-order valence-electron chi connectivity index (χ0n) is 18.4. The maximum absolute atomic E-state index is 13.2. The molecule has 2 aliphatic rings. The monoisotopic (exact) mass is 427 g/mol. The van der Waals surface area contributed by atoms with Crippen LogP contribution in [0.5, 0.6) is 0 Å². The molecule has 0 fully saturated rings. The third kappa shape index (κ3) is 2.30. The van der Waals surface area contributed by atoms with Crippen LogP contribution in [0.3, 0.4) is 0 Å². The summed E-state index contributed by atoms with van der Waals surface area (Å²) in [5, 5.41) is 0. The Bertz CT molecular complexity index is 1580. The van der Waals surface area contributed by atoms with Gasteiger partial charge in [0.05, 0.1) is 28.0 Å². The van der Waals surface area contributed by atoms with Crippen molar-refractivity contribution in [1.82, 2.24) is 9.55 Å². The first-order valence-corrected chi connectivity index (χ1v) is 11.2. The molecule has 0 unspecified atom stereocenters. The first kappa shape index (κ1) is 18.4. The van der Waals surface area contributed by atoms with Crippen molar-refractivity contribution in [1.29, 1.82) is 0 Å². The summed E-state index contributed by atoms with van der Waals surface area (Å²) in [5.74, 6) is 0.706. The van der Waals surface area contributed by atoms with Gasteiger partial charge in [-0.05, 0) is 53.6 Å². The number of aromatic nitrogens is 2. The number of carbonyl (C=O) groups is 1. The molecule has 0 spiro atoms. The van der Waals surface area contributed by atoms with E-state index in [0.717, 1.165) is 28.1 Å². The van der Waals surface area contributed by atoms with Gasteiger partial charge in [-0.2, -0.15) is 0 Å². The quantitative estimate of drug-likeness (QED) is 0.289. The number of benzene rings is 4. The summed E-state index contributed by atoms with van der Waals surface area (Å²) in [6.07, 6.45) is 0. The van der Waals surface area contributed by atoms with E-state index in [4.69, 9.17) is 4.98 Å². The molecule has 0 atom stereocenters. The van der Waals surface area contributed by atoms with Gasteiger partial charge in [-0.3, -0.25) is 9.36 Å². The smallest absolute Gasteiger partial charge is 0.264 e. The fraction of sp³-hybridized carbons (Fsp3) is 0.103. The lowest BCUT2D eigenvalue weighted by Gasteiger charge is -2.42. The third-order valence-corrected chi connectivity index (χ3v) is 7.13. The molecule has 33 heavy (non-hydrogen) atoms. The molecule has 0 radical (unpaired) electrons. The van der Waals surface area contributed by atoms with Crippen LogP contribution >= 0.6 is 0 Å². The number of fused-ring (bicyclic) bond motifs is 7. The highest BCUT2D eigenvalue weighted by atomic mass is 16.2. The summed E-state index contributed by atoms with van der Waals surface area (Å²) in [4.78, 5) is 20.4. The Morgan fingerprint density at radius 3 is 2.09 bits per heavy atom. The molecule has 0 saturated heterocycles. The standard InChI is InChI=1S/C29H21N3O/c1-29(2)21-9-3-6-12-24(21)31(25-13-7-4-10-22(25)29)18-15-16-19-20(17-18)27-30-23-11-5-8-14-26(23)32(27)28(19)33/h3-17H,1-2H3. The lowest BCUT2D eigenvalue weighted by Crippen LogP contribution is -2.30. The second-order valence-corrected chi connectivity index (χ2v) is 9.29. The van der Waals surface area contributed by atoms with Crippen LogP contribution < -0.4 is 4.90 Å². The highest BCUT2D eigenvalue weighted by molar-refractivity contribution is 6.13. The zero-order chi connectivity index (χ0) is 22.3. The summed E-state index contributed by atoms with van der Waals surface area (Å²) in [7, 11) is 0. The fourth-order valence-electron chi connectivity index (χ4n) is 5.52. The van der Waals surface area contributed by atoms with Crippen molar-refractivity contribution < 1.29 is 4.79 Å². The first-order chi connectivity index (χ1) is 16.1. The van der Waals surface area contributed by atoms with Gasteiger partial charge in [0.2, 0.25) is 0 Å². The average Bonchev–Trinajstić information content (AvgIpc) is 3.35. The molecule has 4 aromatic carbocycles. The van der Waals surface area contributed by atoms with E-state index in [1.807, 2.05) is 30.3 Å². The molecular weight excluding hydrogens is 406 g/mol. The molecule has 3 heterocycles. The summed E-state index contributed by atoms with van der Waals surface area (Å²) in [6, 6.07) is 31.1. The van der Waals surface area contributed by atoms with Gasteiger partial charge in [0.25, 0.3) is 5.91 Å². The minimum Gasteiger partial charge on any atom is -0.310 e. The molecule has 0 aliphatic carbocycles. The summed E-state index contributed by atoms with van der Waals surface area (Å²) >= 11 is 0. The van der Waals surface area contributed by atoms with Crippen molar-refractivity contribution >= 4 is 34.0 Å². The van der Waals surface area contributed by atoms with Gasteiger partial charge in [-0.15, -0.1) is 0 Å². The summed E-state index contributed by atoms with van der Waals surface area (Å²) in [5.41, 5.74) is 9.09. The van der Waals surface area contributed by atoms with Crippen LogP contribution in [0.2, 0.25) is 0 Å². The van der Waals surface area contributed by atoms with Crippen LogP contribution in [0.15, 0.2) is 91.0 Å². The third-order valence-electron chi connectivity index (χ3n) is 7.13. The summed E-state index contributed by atoms with van der Waals surface area (Å²) in [6.45, 7) is 4.57. The Morgan fingerprint density at radius 1 is 0.727 bits per heavy atom. The maximum Gasteiger partial charge on any atom is 0.264 e. The Labute approximate surface area is 191 Å². The van der Waals surface area contributed by atoms with Gasteiger partial charge in [-0.1, -0.05) is 62.4 Å².